The highest BCUT2D eigenvalue weighted by Crippen LogP contribution is 2.28. The summed E-state index contributed by atoms with van der Waals surface area (Å²) >= 11 is 0. The molecule has 0 unspecified atom stereocenters. The topological polar surface area (TPSA) is 53.2 Å². The monoisotopic (exact) mass is 233 g/mol. The maximum absolute atomic E-state index is 12.2. The maximum atomic E-state index is 12.2. The fourth-order valence-corrected chi connectivity index (χ4v) is 1.87. The summed E-state index contributed by atoms with van der Waals surface area (Å²) in [7, 11) is 0. The van der Waals surface area contributed by atoms with Gasteiger partial charge in [-0.2, -0.15) is 0 Å². The third-order valence-electron chi connectivity index (χ3n) is 2.54. The van der Waals surface area contributed by atoms with E-state index in [9.17, 15) is 4.79 Å². The molecular weight excluding hydrogens is 214 g/mol. The van der Waals surface area contributed by atoms with Gasteiger partial charge in [0.15, 0.2) is 0 Å². The SMILES string of the molecule is CC(C)(C)NC(=O)c1cccc2c1NCCN2. The van der Waals surface area contributed by atoms with Crippen molar-refractivity contribution in [1.82, 2.24) is 5.32 Å². The van der Waals surface area contributed by atoms with Crippen LogP contribution < -0.4 is 16.0 Å². The molecule has 17 heavy (non-hydrogen) atoms. The Morgan fingerprint density at radius 3 is 2.65 bits per heavy atom. The number of hydrogen-bond donors (Lipinski definition) is 3. The summed E-state index contributed by atoms with van der Waals surface area (Å²) in [5, 5.41) is 9.53. The number of amides is 1. The van der Waals surface area contributed by atoms with Gasteiger partial charge < -0.3 is 16.0 Å². The molecule has 0 aliphatic carbocycles. The van der Waals surface area contributed by atoms with Crippen molar-refractivity contribution >= 4 is 17.3 Å². The van der Waals surface area contributed by atoms with Gasteiger partial charge in [0.25, 0.3) is 5.91 Å². The number of hydrogen-bond acceptors (Lipinski definition) is 3. The standard InChI is InChI=1S/C13H19N3O/c1-13(2,3)16-12(17)9-5-4-6-10-11(9)15-8-7-14-10/h4-6,14-15H,7-8H2,1-3H3,(H,16,17). The van der Waals surface area contributed by atoms with Gasteiger partial charge in [-0.05, 0) is 32.9 Å². The predicted molar refractivity (Wildman–Crippen MR) is 70.6 cm³/mol. The number of rotatable bonds is 1. The van der Waals surface area contributed by atoms with Gasteiger partial charge in [-0.25, -0.2) is 0 Å². The summed E-state index contributed by atoms with van der Waals surface area (Å²) in [4.78, 5) is 12.2. The second-order valence-corrected chi connectivity index (χ2v) is 5.29. The number of carbonyl (C=O) groups is 1. The van der Waals surface area contributed by atoms with Gasteiger partial charge in [0.1, 0.15) is 0 Å². The second kappa shape index (κ2) is 4.28. The van der Waals surface area contributed by atoms with Crippen molar-refractivity contribution in [3.63, 3.8) is 0 Å². The number of anilines is 2. The van der Waals surface area contributed by atoms with Crippen molar-refractivity contribution in [3.05, 3.63) is 23.8 Å². The molecule has 0 saturated heterocycles. The fourth-order valence-electron chi connectivity index (χ4n) is 1.87. The van der Waals surface area contributed by atoms with E-state index in [1.807, 2.05) is 39.0 Å². The lowest BCUT2D eigenvalue weighted by molar-refractivity contribution is 0.0920. The fraction of sp³-hybridized carbons (Fsp3) is 0.462. The molecule has 1 heterocycles. The molecule has 0 saturated carbocycles. The van der Waals surface area contributed by atoms with Crippen LogP contribution in [0.3, 0.4) is 0 Å². The van der Waals surface area contributed by atoms with Crippen LogP contribution in [0.15, 0.2) is 18.2 Å². The molecule has 0 atom stereocenters. The van der Waals surface area contributed by atoms with Crippen LogP contribution in [0, 0.1) is 0 Å². The maximum Gasteiger partial charge on any atom is 0.253 e. The Morgan fingerprint density at radius 2 is 1.94 bits per heavy atom. The zero-order valence-corrected chi connectivity index (χ0v) is 10.6. The molecular formula is C13H19N3O. The summed E-state index contributed by atoms with van der Waals surface area (Å²) in [5.41, 5.74) is 2.38. The van der Waals surface area contributed by atoms with Gasteiger partial charge in [-0.1, -0.05) is 6.07 Å². The third kappa shape index (κ3) is 2.70. The Bertz CT molecular complexity index is 435. The van der Waals surface area contributed by atoms with Gasteiger partial charge in [0, 0.05) is 18.6 Å². The molecule has 0 fully saturated rings. The molecule has 4 nitrogen and oxygen atoms in total. The van der Waals surface area contributed by atoms with Crippen molar-refractivity contribution in [2.75, 3.05) is 23.7 Å². The average molecular weight is 233 g/mol. The number of nitrogens with one attached hydrogen (secondary N) is 3. The van der Waals surface area contributed by atoms with Crippen LogP contribution in [0.5, 0.6) is 0 Å². The molecule has 1 amide bonds. The van der Waals surface area contributed by atoms with Crippen LogP contribution in [0.1, 0.15) is 31.1 Å². The average Bonchev–Trinajstić information content (AvgIpc) is 2.26. The molecule has 0 radical (unpaired) electrons. The van der Waals surface area contributed by atoms with E-state index < -0.39 is 0 Å². The van der Waals surface area contributed by atoms with Gasteiger partial charge in [0.05, 0.1) is 16.9 Å². The Hall–Kier alpha value is -1.71. The van der Waals surface area contributed by atoms with Gasteiger partial charge in [-0.15, -0.1) is 0 Å². The van der Waals surface area contributed by atoms with Crippen LogP contribution in [0.25, 0.3) is 0 Å². The zero-order valence-electron chi connectivity index (χ0n) is 10.6. The molecule has 2 rings (SSSR count). The number of carbonyl (C=O) groups excluding carboxylic acids is 1. The highest BCUT2D eigenvalue weighted by atomic mass is 16.1. The lowest BCUT2D eigenvalue weighted by atomic mass is 10.1. The van der Waals surface area contributed by atoms with Crippen molar-refractivity contribution in [1.29, 1.82) is 0 Å². The van der Waals surface area contributed by atoms with Crippen molar-refractivity contribution in [2.45, 2.75) is 26.3 Å². The van der Waals surface area contributed by atoms with Crippen molar-refractivity contribution in [2.24, 2.45) is 0 Å². The smallest absolute Gasteiger partial charge is 0.253 e. The van der Waals surface area contributed by atoms with E-state index in [2.05, 4.69) is 16.0 Å². The normalized spacial score (nSPS) is 14.3. The Kier molecular flexibility index (Phi) is 2.96. The third-order valence-corrected chi connectivity index (χ3v) is 2.54. The molecule has 1 aliphatic heterocycles. The number of para-hydroxylation sites is 1. The van der Waals surface area contributed by atoms with Crippen LogP contribution in [-0.2, 0) is 0 Å². The van der Waals surface area contributed by atoms with Gasteiger partial charge in [-0.3, -0.25) is 4.79 Å². The highest BCUT2D eigenvalue weighted by Gasteiger charge is 2.20. The molecule has 0 spiro atoms. The van der Waals surface area contributed by atoms with Crippen LogP contribution >= 0.6 is 0 Å². The van der Waals surface area contributed by atoms with E-state index in [1.165, 1.54) is 0 Å². The minimum Gasteiger partial charge on any atom is -0.382 e. The first-order valence-electron chi connectivity index (χ1n) is 5.91. The molecule has 3 N–H and O–H groups in total. The lowest BCUT2D eigenvalue weighted by Crippen LogP contribution is -2.41. The molecule has 1 aliphatic rings. The quantitative estimate of drug-likeness (QED) is 0.696. The minimum atomic E-state index is -0.220. The summed E-state index contributed by atoms with van der Waals surface area (Å²) in [6, 6.07) is 5.73. The van der Waals surface area contributed by atoms with Gasteiger partial charge in [0.2, 0.25) is 0 Å². The molecule has 1 aromatic carbocycles. The Labute approximate surface area is 102 Å². The first kappa shape index (κ1) is 11.8. The number of fused-ring (bicyclic) bond motifs is 1. The van der Waals surface area contributed by atoms with E-state index in [-0.39, 0.29) is 11.4 Å². The molecule has 1 aromatic rings. The molecule has 92 valence electrons. The molecule has 4 heteroatoms. The van der Waals surface area contributed by atoms with Crippen LogP contribution in [0.2, 0.25) is 0 Å². The van der Waals surface area contributed by atoms with E-state index in [1.54, 1.807) is 0 Å². The summed E-state index contributed by atoms with van der Waals surface area (Å²) in [6.45, 7) is 7.66. The predicted octanol–water partition coefficient (Wildman–Crippen LogP) is 2.05. The van der Waals surface area contributed by atoms with Crippen LogP contribution in [0.4, 0.5) is 11.4 Å². The highest BCUT2D eigenvalue weighted by molar-refractivity contribution is 6.03. The minimum absolute atomic E-state index is 0.0365. The van der Waals surface area contributed by atoms with Crippen molar-refractivity contribution < 1.29 is 4.79 Å². The zero-order chi connectivity index (χ0) is 12.5. The Morgan fingerprint density at radius 1 is 1.24 bits per heavy atom. The largest absolute Gasteiger partial charge is 0.382 e. The molecule has 0 aromatic heterocycles. The van der Waals surface area contributed by atoms with E-state index in [0.29, 0.717) is 5.56 Å². The van der Waals surface area contributed by atoms with Crippen molar-refractivity contribution in [3.8, 4) is 0 Å². The second-order valence-electron chi connectivity index (χ2n) is 5.29. The molecule has 0 bridgehead atoms. The van der Waals surface area contributed by atoms with E-state index >= 15 is 0 Å². The number of benzene rings is 1. The first-order valence-corrected chi connectivity index (χ1v) is 5.91. The van der Waals surface area contributed by atoms with E-state index in [4.69, 9.17) is 0 Å². The Balaban J connectivity index is 2.29. The van der Waals surface area contributed by atoms with Gasteiger partial charge >= 0.3 is 0 Å². The van der Waals surface area contributed by atoms with Crippen LogP contribution in [-0.4, -0.2) is 24.5 Å². The summed E-state index contributed by atoms with van der Waals surface area (Å²) < 4.78 is 0. The first-order chi connectivity index (χ1) is 7.97. The summed E-state index contributed by atoms with van der Waals surface area (Å²) in [6.07, 6.45) is 0. The van der Waals surface area contributed by atoms with E-state index in [0.717, 1.165) is 24.5 Å². The summed E-state index contributed by atoms with van der Waals surface area (Å²) in [5.74, 6) is -0.0365. The lowest BCUT2D eigenvalue weighted by Gasteiger charge is -2.25.